The van der Waals surface area contributed by atoms with Gasteiger partial charge in [0.1, 0.15) is 5.69 Å². The van der Waals surface area contributed by atoms with Crippen molar-refractivity contribution in [2.45, 2.75) is 25.8 Å². The number of rotatable bonds is 3. The van der Waals surface area contributed by atoms with Gasteiger partial charge in [-0.2, -0.15) is 0 Å². The minimum atomic E-state index is 0.131. The Morgan fingerprint density at radius 3 is 2.82 bits per heavy atom. The lowest BCUT2D eigenvalue weighted by Crippen LogP contribution is -2.32. The maximum absolute atomic E-state index is 12.3. The van der Waals surface area contributed by atoms with E-state index in [9.17, 15) is 4.79 Å². The van der Waals surface area contributed by atoms with Crippen LogP contribution in [-0.4, -0.2) is 28.4 Å². The summed E-state index contributed by atoms with van der Waals surface area (Å²) in [6.07, 6.45) is 2.31. The van der Waals surface area contributed by atoms with Crippen LogP contribution in [0.15, 0.2) is 30.3 Å². The number of amides is 1. The van der Waals surface area contributed by atoms with Crippen LogP contribution >= 0.6 is 0 Å². The summed E-state index contributed by atoms with van der Waals surface area (Å²) in [5.74, 6) is 0.131. The van der Waals surface area contributed by atoms with E-state index in [2.05, 4.69) is 4.98 Å². The summed E-state index contributed by atoms with van der Waals surface area (Å²) in [6.45, 7) is 2.83. The van der Waals surface area contributed by atoms with E-state index < -0.39 is 0 Å². The maximum Gasteiger partial charge on any atom is 0.270 e. The van der Waals surface area contributed by atoms with Crippen LogP contribution in [0.3, 0.4) is 0 Å². The highest BCUT2D eigenvalue weighted by Gasteiger charge is 2.32. The van der Waals surface area contributed by atoms with Crippen LogP contribution in [0.5, 0.6) is 0 Å². The van der Waals surface area contributed by atoms with E-state index in [4.69, 9.17) is 0 Å². The normalized spacial score (nSPS) is 15.1. The van der Waals surface area contributed by atoms with Crippen molar-refractivity contribution in [3.05, 3.63) is 36.0 Å². The van der Waals surface area contributed by atoms with Crippen LogP contribution in [0.25, 0.3) is 10.9 Å². The summed E-state index contributed by atoms with van der Waals surface area (Å²) in [5.41, 5.74) is 1.74. The van der Waals surface area contributed by atoms with Crippen molar-refractivity contribution in [3.63, 3.8) is 0 Å². The molecular weight excluding hydrogens is 212 g/mol. The van der Waals surface area contributed by atoms with E-state index in [1.54, 1.807) is 0 Å². The first-order valence-electron chi connectivity index (χ1n) is 6.18. The molecule has 0 radical (unpaired) electrons. The molecule has 1 amide bonds. The fraction of sp³-hybridized carbons (Fsp3) is 0.357. The first-order chi connectivity index (χ1) is 8.29. The summed E-state index contributed by atoms with van der Waals surface area (Å²) >= 11 is 0. The minimum Gasteiger partial charge on any atom is -0.351 e. The third kappa shape index (κ3) is 1.82. The van der Waals surface area contributed by atoms with Crippen molar-refractivity contribution in [2.75, 3.05) is 6.54 Å². The van der Waals surface area contributed by atoms with Crippen molar-refractivity contribution < 1.29 is 4.79 Å². The summed E-state index contributed by atoms with van der Waals surface area (Å²) in [7, 11) is 0. The van der Waals surface area contributed by atoms with Crippen LogP contribution in [0.2, 0.25) is 0 Å². The fourth-order valence-electron chi connectivity index (χ4n) is 2.30. The van der Waals surface area contributed by atoms with Gasteiger partial charge in [0.05, 0.1) is 0 Å². The predicted molar refractivity (Wildman–Crippen MR) is 68.0 cm³/mol. The van der Waals surface area contributed by atoms with Crippen molar-refractivity contribution in [1.82, 2.24) is 9.88 Å². The zero-order valence-electron chi connectivity index (χ0n) is 9.94. The maximum atomic E-state index is 12.3. The second-order valence-corrected chi connectivity index (χ2v) is 4.59. The molecule has 3 nitrogen and oxygen atoms in total. The van der Waals surface area contributed by atoms with Gasteiger partial charge in [0, 0.05) is 23.5 Å². The Hall–Kier alpha value is -1.77. The van der Waals surface area contributed by atoms with E-state index in [-0.39, 0.29) is 5.91 Å². The molecule has 1 aliphatic carbocycles. The predicted octanol–water partition coefficient (Wildman–Crippen LogP) is 2.79. The summed E-state index contributed by atoms with van der Waals surface area (Å²) in [6, 6.07) is 10.4. The Morgan fingerprint density at radius 2 is 2.18 bits per heavy atom. The third-order valence-corrected chi connectivity index (χ3v) is 3.35. The molecule has 3 heteroatoms. The van der Waals surface area contributed by atoms with Gasteiger partial charge in [-0.1, -0.05) is 18.2 Å². The topological polar surface area (TPSA) is 36.1 Å². The van der Waals surface area contributed by atoms with Crippen LogP contribution < -0.4 is 0 Å². The largest absolute Gasteiger partial charge is 0.351 e. The lowest BCUT2D eigenvalue weighted by Gasteiger charge is -2.19. The molecule has 0 spiro atoms. The summed E-state index contributed by atoms with van der Waals surface area (Å²) in [4.78, 5) is 17.5. The minimum absolute atomic E-state index is 0.131. The van der Waals surface area contributed by atoms with Crippen LogP contribution in [0, 0.1) is 0 Å². The number of aromatic nitrogens is 1. The molecule has 1 aromatic heterocycles. The van der Waals surface area contributed by atoms with Crippen LogP contribution in [0.1, 0.15) is 30.3 Å². The Morgan fingerprint density at radius 1 is 1.41 bits per heavy atom. The first kappa shape index (κ1) is 10.4. The van der Waals surface area contributed by atoms with Crippen molar-refractivity contribution in [1.29, 1.82) is 0 Å². The van der Waals surface area contributed by atoms with Crippen molar-refractivity contribution in [2.24, 2.45) is 0 Å². The number of nitrogens with zero attached hydrogens (tertiary/aromatic N) is 1. The zero-order valence-corrected chi connectivity index (χ0v) is 9.94. The SMILES string of the molecule is CCN(C(=O)c1cc2ccccc2[nH]1)C1CC1. The van der Waals surface area contributed by atoms with E-state index in [0.717, 1.165) is 30.3 Å². The van der Waals surface area contributed by atoms with Gasteiger partial charge in [0.2, 0.25) is 0 Å². The number of para-hydroxylation sites is 1. The Kier molecular flexibility index (Phi) is 2.39. The Bertz CT molecular complexity index is 521. The molecule has 3 rings (SSSR count). The van der Waals surface area contributed by atoms with Gasteiger partial charge in [-0.15, -0.1) is 0 Å². The quantitative estimate of drug-likeness (QED) is 0.861. The molecule has 1 heterocycles. The molecule has 0 bridgehead atoms. The lowest BCUT2D eigenvalue weighted by atomic mass is 10.2. The molecule has 1 saturated carbocycles. The molecule has 0 saturated heterocycles. The summed E-state index contributed by atoms with van der Waals surface area (Å²) in [5, 5.41) is 1.10. The van der Waals surface area contributed by atoms with Crippen LogP contribution in [0.4, 0.5) is 0 Å². The number of carbonyl (C=O) groups excluding carboxylic acids is 1. The second kappa shape index (κ2) is 3.91. The van der Waals surface area contributed by atoms with Gasteiger partial charge in [-0.25, -0.2) is 0 Å². The van der Waals surface area contributed by atoms with Gasteiger partial charge in [-0.05, 0) is 31.9 Å². The Balaban J connectivity index is 1.94. The number of hydrogen-bond acceptors (Lipinski definition) is 1. The van der Waals surface area contributed by atoms with Gasteiger partial charge in [-0.3, -0.25) is 4.79 Å². The number of aromatic amines is 1. The number of H-pyrrole nitrogens is 1. The van der Waals surface area contributed by atoms with Gasteiger partial charge in [0.25, 0.3) is 5.91 Å². The molecule has 17 heavy (non-hydrogen) atoms. The average Bonchev–Trinajstić information content (AvgIpc) is 3.08. The van der Waals surface area contributed by atoms with Gasteiger partial charge < -0.3 is 9.88 Å². The average molecular weight is 228 g/mol. The molecule has 1 fully saturated rings. The van der Waals surface area contributed by atoms with Crippen LogP contribution in [-0.2, 0) is 0 Å². The molecule has 0 aliphatic heterocycles. The second-order valence-electron chi connectivity index (χ2n) is 4.59. The number of nitrogens with one attached hydrogen (secondary N) is 1. The lowest BCUT2D eigenvalue weighted by molar-refractivity contribution is 0.0747. The third-order valence-electron chi connectivity index (χ3n) is 3.35. The molecule has 1 aromatic carbocycles. The molecular formula is C14H16N2O. The number of fused-ring (bicyclic) bond motifs is 1. The van der Waals surface area contributed by atoms with Crippen molar-refractivity contribution >= 4 is 16.8 Å². The molecule has 1 aliphatic rings. The van der Waals surface area contributed by atoms with Crippen molar-refractivity contribution in [3.8, 4) is 0 Å². The number of benzene rings is 1. The molecule has 1 N–H and O–H groups in total. The van der Waals surface area contributed by atoms with E-state index >= 15 is 0 Å². The highest BCUT2D eigenvalue weighted by molar-refractivity contribution is 5.98. The molecule has 0 atom stereocenters. The Labute approximate surface area is 100 Å². The monoisotopic (exact) mass is 228 g/mol. The van der Waals surface area contributed by atoms with Gasteiger partial charge in [0.15, 0.2) is 0 Å². The first-order valence-corrected chi connectivity index (χ1v) is 6.18. The summed E-state index contributed by atoms with van der Waals surface area (Å²) < 4.78 is 0. The fourth-order valence-corrected chi connectivity index (χ4v) is 2.30. The highest BCUT2D eigenvalue weighted by Crippen LogP contribution is 2.28. The molecule has 2 aromatic rings. The zero-order chi connectivity index (χ0) is 11.8. The van der Waals surface area contributed by atoms with E-state index in [1.807, 2.05) is 42.2 Å². The standard InChI is InChI=1S/C14H16N2O/c1-2-16(11-7-8-11)14(17)13-9-10-5-3-4-6-12(10)15-13/h3-6,9,11,15H,2,7-8H2,1H3. The number of carbonyl (C=O) groups is 1. The number of hydrogen-bond donors (Lipinski definition) is 1. The smallest absolute Gasteiger partial charge is 0.270 e. The molecule has 88 valence electrons. The highest BCUT2D eigenvalue weighted by atomic mass is 16.2. The molecule has 0 unspecified atom stereocenters. The van der Waals surface area contributed by atoms with Gasteiger partial charge >= 0.3 is 0 Å². The van der Waals surface area contributed by atoms with E-state index in [1.165, 1.54) is 0 Å². The van der Waals surface area contributed by atoms with E-state index in [0.29, 0.717) is 11.7 Å².